The topological polar surface area (TPSA) is 90.5 Å². The first kappa shape index (κ1) is 9.94. The number of aliphatic hydroxyl groups is 1. The first-order valence-corrected chi connectivity index (χ1v) is 4.17. The van der Waals surface area contributed by atoms with Gasteiger partial charge in [-0.05, 0) is 13.0 Å². The van der Waals surface area contributed by atoms with E-state index in [-0.39, 0.29) is 18.6 Å². The molecule has 1 fully saturated rings. The third-order valence-corrected chi connectivity index (χ3v) is 1.75. The van der Waals surface area contributed by atoms with Gasteiger partial charge in [0.05, 0.1) is 0 Å². The normalized spacial score (nSPS) is 22.4. The van der Waals surface area contributed by atoms with Crippen LogP contribution in [0.2, 0.25) is 0 Å². The van der Waals surface area contributed by atoms with Crippen LogP contribution in [0.5, 0.6) is 0 Å². The Bertz CT molecular complexity index is 207. The molecule has 0 saturated carbocycles. The van der Waals surface area contributed by atoms with Crippen LogP contribution in [0.15, 0.2) is 0 Å². The second-order valence-corrected chi connectivity index (χ2v) is 2.78. The maximum absolute atomic E-state index is 11.1. The highest BCUT2D eigenvalue weighted by Crippen LogP contribution is 1.89. The summed E-state index contributed by atoms with van der Waals surface area (Å²) in [4.78, 5) is 21.7. The van der Waals surface area contributed by atoms with Gasteiger partial charge in [-0.3, -0.25) is 10.1 Å². The van der Waals surface area contributed by atoms with Crippen LogP contribution in [0, 0.1) is 0 Å². The van der Waals surface area contributed by atoms with E-state index in [1.54, 1.807) is 0 Å². The summed E-state index contributed by atoms with van der Waals surface area (Å²) in [6.07, 6.45) is 0.595. The number of carbonyl (C=O) groups is 2. The zero-order valence-corrected chi connectivity index (χ0v) is 7.17. The highest BCUT2D eigenvalue weighted by molar-refractivity contribution is 5.99. The molecule has 0 aromatic rings. The smallest absolute Gasteiger partial charge is 0.321 e. The molecule has 1 saturated heterocycles. The van der Waals surface area contributed by atoms with E-state index in [0.717, 1.165) is 0 Å². The summed E-state index contributed by atoms with van der Waals surface area (Å²) in [5.41, 5.74) is 0. The average Bonchev–Trinajstić information content (AvgIpc) is 2.09. The summed E-state index contributed by atoms with van der Waals surface area (Å²) in [6, 6.07) is -0.838. The third-order valence-electron chi connectivity index (χ3n) is 1.75. The van der Waals surface area contributed by atoms with E-state index >= 15 is 0 Å². The van der Waals surface area contributed by atoms with E-state index in [9.17, 15) is 9.59 Å². The van der Waals surface area contributed by atoms with Crippen molar-refractivity contribution in [3.8, 4) is 0 Å². The summed E-state index contributed by atoms with van der Waals surface area (Å²) in [6.45, 7) is 0.953. The van der Waals surface area contributed by atoms with E-state index < -0.39 is 6.03 Å². The van der Waals surface area contributed by atoms with E-state index in [1.165, 1.54) is 0 Å². The molecular formula is C7H13N3O3. The van der Waals surface area contributed by atoms with Gasteiger partial charge in [0.1, 0.15) is 6.04 Å². The van der Waals surface area contributed by atoms with Crippen molar-refractivity contribution in [2.45, 2.75) is 12.5 Å². The second-order valence-electron chi connectivity index (χ2n) is 2.78. The first-order chi connectivity index (χ1) is 6.24. The zero-order valence-electron chi connectivity index (χ0n) is 7.17. The van der Waals surface area contributed by atoms with Gasteiger partial charge >= 0.3 is 6.03 Å². The zero-order chi connectivity index (χ0) is 9.68. The van der Waals surface area contributed by atoms with Crippen molar-refractivity contribution in [2.24, 2.45) is 0 Å². The second kappa shape index (κ2) is 4.78. The Morgan fingerprint density at radius 3 is 2.92 bits per heavy atom. The minimum Gasteiger partial charge on any atom is -0.396 e. The van der Waals surface area contributed by atoms with Gasteiger partial charge in [0, 0.05) is 13.2 Å². The molecule has 1 aliphatic heterocycles. The predicted molar refractivity (Wildman–Crippen MR) is 45.0 cm³/mol. The maximum atomic E-state index is 11.1. The molecule has 6 nitrogen and oxygen atoms in total. The standard InChI is InChI=1S/C7H13N3O3/c11-3-1-2-8-5-4-9-7(13)10-6(5)12/h5,8,11H,1-4H2,(H2,9,10,12,13). The Morgan fingerprint density at radius 1 is 1.54 bits per heavy atom. The number of hydrogen-bond donors (Lipinski definition) is 4. The van der Waals surface area contributed by atoms with Gasteiger partial charge in [-0.25, -0.2) is 4.79 Å². The molecule has 6 heteroatoms. The van der Waals surface area contributed by atoms with Crippen LogP contribution in [0.1, 0.15) is 6.42 Å². The highest BCUT2D eigenvalue weighted by Gasteiger charge is 2.24. The van der Waals surface area contributed by atoms with Crippen molar-refractivity contribution in [1.82, 2.24) is 16.0 Å². The Labute approximate surface area is 75.7 Å². The molecule has 74 valence electrons. The van der Waals surface area contributed by atoms with Crippen molar-refractivity contribution in [3.63, 3.8) is 0 Å². The van der Waals surface area contributed by atoms with E-state index in [0.29, 0.717) is 19.5 Å². The number of aliphatic hydroxyl groups excluding tert-OH is 1. The van der Waals surface area contributed by atoms with Gasteiger partial charge in [-0.2, -0.15) is 0 Å². The highest BCUT2D eigenvalue weighted by atomic mass is 16.3. The molecule has 1 unspecified atom stereocenters. The summed E-state index contributed by atoms with van der Waals surface area (Å²) < 4.78 is 0. The molecule has 0 aromatic carbocycles. The van der Waals surface area contributed by atoms with Crippen LogP contribution in [-0.2, 0) is 4.79 Å². The first-order valence-electron chi connectivity index (χ1n) is 4.17. The summed E-state index contributed by atoms with van der Waals surface area (Å²) in [5, 5.41) is 16.0. The number of amides is 3. The summed E-state index contributed by atoms with van der Waals surface area (Å²) in [5.74, 6) is -0.318. The molecule has 3 amide bonds. The Hall–Kier alpha value is -1.14. The lowest BCUT2D eigenvalue weighted by atomic mass is 10.2. The Balaban J connectivity index is 2.26. The largest absolute Gasteiger partial charge is 0.396 e. The molecule has 0 spiro atoms. The molecule has 1 atom stereocenters. The Morgan fingerprint density at radius 2 is 2.31 bits per heavy atom. The molecular weight excluding hydrogens is 174 g/mol. The lowest BCUT2D eigenvalue weighted by Crippen LogP contribution is -2.60. The van der Waals surface area contributed by atoms with Crippen LogP contribution in [0.4, 0.5) is 4.79 Å². The summed E-state index contributed by atoms with van der Waals surface area (Å²) >= 11 is 0. The molecule has 0 aromatic heterocycles. The van der Waals surface area contributed by atoms with Crippen molar-refractivity contribution < 1.29 is 14.7 Å². The van der Waals surface area contributed by atoms with Gasteiger partial charge in [0.2, 0.25) is 5.91 Å². The monoisotopic (exact) mass is 187 g/mol. The van der Waals surface area contributed by atoms with Gasteiger partial charge < -0.3 is 15.7 Å². The van der Waals surface area contributed by atoms with Crippen LogP contribution < -0.4 is 16.0 Å². The quantitative estimate of drug-likeness (QED) is 0.389. The van der Waals surface area contributed by atoms with E-state index in [4.69, 9.17) is 5.11 Å². The number of imide groups is 1. The summed E-state index contributed by atoms with van der Waals surface area (Å²) in [7, 11) is 0. The van der Waals surface area contributed by atoms with Gasteiger partial charge in [-0.15, -0.1) is 0 Å². The molecule has 0 bridgehead atoms. The third kappa shape index (κ3) is 3.00. The van der Waals surface area contributed by atoms with Crippen molar-refractivity contribution in [2.75, 3.05) is 19.7 Å². The minimum atomic E-state index is -0.454. The van der Waals surface area contributed by atoms with Crippen LogP contribution >= 0.6 is 0 Å². The average molecular weight is 187 g/mol. The number of nitrogens with one attached hydrogen (secondary N) is 3. The van der Waals surface area contributed by atoms with Crippen LogP contribution in [0.3, 0.4) is 0 Å². The fourth-order valence-electron chi connectivity index (χ4n) is 1.05. The fraction of sp³-hybridized carbons (Fsp3) is 0.714. The predicted octanol–water partition coefficient (Wildman–Crippen LogP) is -1.83. The molecule has 1 heterocycles. The minimum absolute atomic E-state index is 0.0910. The Kier molecular flexibility index (Phi) is 3.66. The number of urea groups is 1. The SMILES string of the molecule is O=C1NCC(NCCCO)C(=O)N1. The van der Waals surface area contributed by atoms with Crippen LogP contribution in [0.25, 0.3) is 0 Å². The molecule has 0 aliphatic carbocycles. The molecule has 4 N–H and O–H groups in total. The fourth-order valence-corrected chi connectivity index (χ4v) is 1.05. The number of rotatable bonds is 4. The van der Waals surface area contributed by atoms with Crippen molar-refractivity contribution in [1.29, 1.82) is 0 Å². The molecule has 1 rings (SSSR count). The van der Waals surface area contributed by atoms with E-state index in [1.807, 2.05) is 0 Å². The van der Waals surface area contributed by atoms with Gasteiger partial charge in [0.15, 0.2) is 0 Å². The van der Waals surface area contributed by atoms with Crippen molar-refractivity contribution in [3.05, 3.63) is 0 Å². The lowest BCUT2D eigenvalue weighted by molar-refractivity contribution is -0.122. The lowest BCUT2D eigenvalue weighted by Gasteiger charge is -2.22. The van der Waals surface area contributed by atoms with Crippen molar-refractivity contribution >= 4 is 11.9 Å². The van der Waals surface area contributed by atoms with Crippen LogP contribution in [-0.4, -0.2) is 42.8 Å². The molecule has 13 heavy (non-hydrogen) atoms. The molecule has 1 aliphatic rings. The maximum Gasteiger partial charge on any atom is 0.321 e. The number of hydrogen-bond acceptors (Lipinski definition) is 4. The van der Waals surface area contributed by atoms with Gasteiger partial charge in [0.25, 0.3) is 0 Å². The van der Waals surface area contributed by atoms with Gasteiger partial charge in [-0.1, -0.05) is 0 Å². The van der Waals surface area contributed by atoms with E-state index in [2.05, 4.69) is 16.0 Å². The molecule has 0 radical (unpaired) electrons. The number of carbonyl (C=O) groups excluding carboxylic acids is 2.